The van der Waals surface area contributed by atoms with Gasteiger partial charge in [0.2, 0.25) is 5.91 Å². The minimum atomic E-state index is -0.568. The van der Waals surface area contributed by atoms with Crippen molar-refractivity contribution in [3.63, 3.8) is 0 Å². The van der Waals surface area contributed by atoms with Crippen LogP contribution in [0.2, 0.25) is 5.02 Å². The van der Waals surface area contributed by atoms with E-state index in [1.165, 1.54) is 16.2 Å². The molecule has 11 heteroatoms. The first-order valence-electron chi connectivity index (χ1n) is 11.3. The Hall–Kier alpha value is -2.66. The molecule has 1 N–H and O–H groups in total. The molecule has 180 valence electrons. The summed E-state index contributed by atoms with van der Waals surface area (Å²) >= 11 is 9.02. The Morgan fingerprint density at radius 3 is 2.80 bits per heavy atom. The summed E-state index contributed by atoms with van der Waals surface area (Å²) in [7, 11) is 0. The monoisotopic (exact) mass is 528 g/mol. The van der Waals surface area contributed by atoms with Gasteiger partial charge in [-0.05, 0) is 24.3 Å². The molecule has 1 atom stereocenters. The second kappa shape index (κ2) is 9.09. The fraction of sp³-hybridized carbons (Fsp3) is 0.333. The predicted octanol–water partition coefficient (Wildman–Crippen LogP) is 3.55. The summed E-state index contributed by atoms with van der Waals surface area (Å²) in [5, 5.41) is 3.62. The van der Waals surface area contributed by atoms with Gasteiger partial charge >= 0.3 is 0 Å². The molecular weight excluding hydrogens is 508 g/mol. The van der Waals surface area contributed by atoms with Crippen molar-refractivity contribution in [2.75, 3.05) is 31.9 Å². The average Bonchev–Trinajstić information content (AvgIpc) is 3.56. The number of imide groups is 1. The van der Waals surface area contributed by atoms with E-state index in [1.54, 1.807) is 6.20 Å². The maximum atomic E-state index is 13.1. The number of benzene rings is 1. The van der Waals surface area contributed by atoms with E-state index in [1.807, 2.05) is 29.2 Å². The molecule has 2 saturated heterocycles. The zero-order valence-corrected chi connectivity index (χ0v) is 21.0. The maximum absolute atomic E-state index is 13.1. The predicted molar refractivity (Wildman–Crippen MR) is 136 cm³/mol. The van der Waals surface area contributed by atoms with Crippen LogP contribution in [0.25, 0.3) is 21.3 Å². The Bertz CT molecular complexity index is 1360. The van der Waals surface area contributed by atoms with E-state index in [4.69, 9.17) is 16.3 Å². The fourth-order valence-corrected chi connectivity index (χ4v) is 6.81. The van der Waals surface area contributed by atoms with E-state index in [9.17, 15) is 14.4 Å². The number of nitrogens with one attached hydrogen (secondary N) is 1. The van der Waals surface area contributed by atoms with Crippen LogP contribution in [0.5, 0.6) is 5.75 Å². The standard InChI is InChI=1S/C24H21ClN4O4S2/c25-14-7-13-8-19(23(31)28-5-3-26-4-6-28)33-21(13)17(9-14)16-1-2-27-18-10-15(35-22(16)18)11-29-20(30)12-34-24(29)32/h1-2,7,9-10,19,26H,3-6,8,11-12H2/t19-/m1/s1. The molecule has 0 spiro atoms. The van der Waals surface area contributed by atoms with Crippen molar-refractivity contribution in [1.29, 1.82) is 0 Å². The van der Waals surface area contributed by atoms with Gasteiger partial charge in [0.1, 0.15) is 5.75 Å². The zero-order valence-electron chi connectivity index (χ0n) is 18.6. The largest absolute Gasteiger partial charge is 0.479 e. The molecule has 3 aliphatic rings. The van der Waals surface area contributed by atoms with Crippen molar-refractivity contribution in [3.8, 4) is 16.9 Å². The number of thiophene rings is 1. The van der Waals surface area contributed by atoms with Gasteiger partial charge in [-0.15, -0.1) is 11.3 Å². The van der Waals surface area contributed by atoms with Crippen molar-refractivity contribution in [1.82, 2.24) is 20.1 Å². The number of piperazine rings is 1. The first kappa shape index (κ1) is 22.8. The number of aromatic nitrogens is 1. The molecule has 3 aliphatic heterocycles. The molecule has 0 radical (unpaired) electrons. The molecule has 2 fully saturated rings. The number of amides is 3. The molecule has 6 rings (SSSR count). The second-order valence-corrected chi connectivity index (χ2v) is 11.1. The van der Waals surface area contributed by atoms with Crippen LogP contribution in [0.3, 0.4) is 0 Å². The van der Waals surface area contributed by atoms with E-state index in [-0.39, 0.29) is 29.4 Å². The third kappa shape index (κ3) is 4.18. The molecule has 35 heavy (non-hydrogen) atoms. The lowest BCUT2D eigenvalue weighted by Gasteiger charge is -2.29. The fourth-order valence-electron chi connectivity index (χ4n) is 4.72. The summed E-state index contributed by atoms with van der Waals surface area (Å²) in [5.74, 6) is 0.687. The summed E-state index contributed by atoms with van der Waals surface area (Å²) in [6, 6.07) is 7.54. The average molecular weight is 529 g/mol. The van der Waals surface area contributed by atoms with Crippen LogP contribution in [0, 0.1) is 0 Å². The van der Waals surface area contributed by atoms with Crippen LogP contribution >= 0.6 is 34.7 Å². The van der Waals surface area contributed by atoms with Crippen molar-refractivity contribution in [3.05, 3.63) is 45.9 Å². The number of rotatable bonds is 4. The number of carbonyl (C=O) groups excluding carboxylic acids is 3. The summed E-state index contributed by atoms with van der Waals surface area (Å²) < 4.78 is 7.18. The van der Waals surface area contributed by atoms with Gasteiger partial charge in [-0.1, -0.05) is 23.4 Å². The Balaban J connectivity index is 1.34. The van der Waals surface area contributed by atoms with Crippen LogP contribution in [0.1, 0.15) is 10.4 Å². The lowest BCUT2D eigenvalue weighted by molar-refractivity contribution is -0.138. The number of fused-ring (bicyclic) bond motifs is 2. The Kier molecular flexibility index (Phi) is 5.92. The first-order valence-corrected chi connectivity index (χ1v) is 13.5. The van der Waals surface area contributed by atoms with Gasteiger partial charge < -0.3 is 15.0 Å². The van der Waals surface area contributed by atoms with Crippen LogP contribution in [0.4, 0.5) is 4.79 Å². The number of halogens is 1. The Morgan fingerprint density at radius 2 is 2.03 bits per heavy atom. The molecule has 0 saturated carbocycles. The summed E-state index contributed by atoms with van der Waals surface area (Å²) in [6.07, 6.45) is 1.63. The van der Waals surface area contributed by atoms with Crippen LogP contribution in [-0.2, 0) is 22.6 Å². The van der Waals surface area contributed by atoms with E-state index >= 15 is 0 Å². The van der Waals surface area contributed by atoms with Gasteiger partial charge in [0, 0.05) is 65.4 Å². The molecule has 1 aromatic carbocycles. The van der Waals surface area contributed by atoms with Crippen LogP contribution in [-0.4, -0.2) is 69.9 Å². The number of hydrogen-bond donors (Lipinski definition) is 1. The quantitative estimate of drug-likeness (QED) is 0.553. The lowest BCUT2D eigenvalue weighted by atomic mass is 10.0. The van der Waals surface area contributed by atoms with Crippen molar-refractivity contribution < 1.29 is 19.1 Å². The van der Waals surface area contributed by atoms with Crippen molar-refractivity contribution in [2.24, 2.45) is 0 Å². The van der Waals surface area contributed by atoms with E-state index < -0.39 is 6.10 Å². The zero-order chi connectivity index (χ0) is 24.1. The van der Waals surface area contributed by atoms with Gasteiger partial charge in [-0.25, -0.2) is 0 Å². The highest BCUT2D eigenvalue weighted by Crippen LogP contribution is 2.45. The lowest BCUT2D eigenvalue weighted by Crippen LogP contribution is -2.50. The van der Waals surface area contributed by atoms with Crippen molar-refractivity contribution >= 4 is 62.0 Å². The summed E-state index contributed by atoms with van der Waals surface area (Å²) in [5.41, 5.74) is 3.39. The third-order valence-electron chi connectivity index (χ3n) is 6.41. The Labute approximate surface area is 214 Å². The number of hydrogen-bond acceptors (Lipinski definition) is 8. The summed E-state index contributed by atoms with van der Waals surface area (Å²) in [4.78, 5) is 45.7. The van der Waals surface area contributed by atoms with Crippen LogP contribution < -0.4 is 10.1 Å². The third-order valence-corrected chi connectivity index (χ3v) is 8.63. The molecule has 0 aliphatic carbocycles. The van der Waals surface area contributed by atoms with Gasteiger partial charge in [0.25, 0.3) is 11.1 Å². The molecule has 3 aromatic rings. The second-order valence-electron chi connectivity index (χ2n) is 8.65. The molecule has 3 amide bonds. The topological polar surface area (TPSA) is 91.8 Å². The molecule has 5 heterocycles. The van der Waals surface area contributed by atoms with Crippen LogP contribution in [0.15, 0.2) is 30.5 Å². The highest BCUT2D eigenvalue weighted by molar-refractivity contribution is 8.14. The number of pyridine rings is 1. The van der Waals surface area contributed by atoms with Gasteiger partial charge in [-0.3, -0.25) is 24.3 Å². The summed E-state index contributed by atoms with van der Waals surface area (Å²) in [6.45, 7) is 3.14. The number of nitrogens with zero attached hydrogens (tertiary/aromatic N) is 3. The molecule has 0 bridgehead atoms. The number of carbonyl (C=O) groups is 3. The van der Waals surface area contributed by atoms with Crippen molar-refractivity contribution in [2.45, 2.75) is 19.1 Å². The maximum Gasteiger partial charge on any atom is 0.289 e. The van der Waals surface area contributed by atoms with Gasteiger partial charge in [0.05, 0.1) is 22.5 Å². The number of ether oxygens (including phenoxy) is 1. The SMILES string of the molecule is O=C([C@H]1Cc2cc(Cl)cc(-c3ccnc4cc(CN5C(=O)CSC5=O)sc34)c2O1)N1CCNCC1. The molecule has 2 aromatic heterocycles. The van der Waals surface area contributed by atoms with E-state index in [0.29, 0.717) is 30.3 Å². The smallest absolute Gasteiger partial charge is 0.289 e. The molecular formula is C24H21ClN4O4S2. The van der Waals surface area contributed by atoms with E-state index in [0.717, 1.165) is 56.6 Å². The molecule has 0 unspecified atom stereocenters. The highest BCUT2D eigenvalue weighted by atomic mass is 35.5. The van der Waals surface area contributed by atoms with Gasteiger partial charge in [0.15, 0.2) is 6.10 Å². The molecule has 8 nitrogen and oxygen atoms in total. The van der Waals surface area contributed by atoms with Gasteiger partial charge in [-0.2, -0.15) is 0 Å². The van der Waals surface area contributed by atoms with E-state index in [2.05, 4.69) is 10.3 Å². The minimum absolute atomic E-state index is 0.000810. The number of thioether (sulfide) groups is 1. The minimum Gasteiger partial charge on any atom is -0.479 e. The Morgan fingerprint density at radius 1 is 1.20 bits per heavy atom. The normalized spacial score (nSPS) is 20.0. The highest BCUT2D eigenvalue weighted by Gasteiger charge is 2.35. The first-order chi connectivity index (χ1) is 17.0.